The summed E-state index contributed by atoms with van der Waals surface area (Å²) in [6.45, 7) is 4.37. The van der Waals surface area contributed by atoms with Crippen molar-refractivity contribution >= 4 is 17.3 Å². The molecule has 0 aromatic carbocycles. The first-order valence-corrected chi connectivity index (χ1v) is 7.56. The molecule has 1 saturated carbocycles. The Kier molecular flexibility index (Phi) is 4.66. The molecule has 1 heterocycles. The Morgan fingerprint density at radius 2 is 2.18 bits per heavy atom. The van der Waals surface area contributed by atoms with Crippen LogP contribution in [0, 0.1) is 5.92 Å². The Balaban J connectivity index is 2.05. The third-order valence-electron chi connectivity index (χ3n) is 3.37. The molecule has 0 amide bonds. The first-order valence-electron chi connectivity index (χ1n) is 6.57. The molecule has 0 radical (unpaired) electrons. The topological polar surface area (TPSA) is 12.9 Å². The predicted molar refractivity (Wildman–Crippen MR) is 76.2 cm³/mol. The van der Waals surface area contributed by atoms with Crippen molar-refractivity contribution in [2.75, 3.05) is 5.75 Å². The zero-order valence-electron chi connectivity index (χ0n) is 10.8. The molecule has 1 aromatic rings. The van der Waals surface area contributed by atoms with Gasteiger partial charge in [0.15, 0.2) is 0 Å². The maximum absolute atomic E-state index is 4.49. The van der Waals surface area contributed by atoms with Crippen molar-refractivity contribution in [3.05, 3.63) is 30.0 Å². The molecule has 1 nitrogen and oxygen atoms in total. The van der Waals surface area contributed by atoms with Crippen molar-refractivity contribution in [3.8, 4) is 0 Å². The van der Waals surface area contributed by atoms with E-state index in [-0.39, 0.29) is 0 Å². The fraction of sp³-hybridized carbons (Fsp3) is 0.533. The second-order valence-electron chi connectivity index (χ2n) is 4.71. The average molecular weight is 247 g/mol. The van der Waals surface area contributed by atoms with Crippen LogP contribution in [0.15, 0.2) is 29.4 Å². The molecule has 0 N–H and O–H groups in total. The van der Waals surface area contributed by atoms with E-state index in [9.17, 15) is 0 Å². The van der Waals surface area contributed by atoms with Crippen LogP contribution in [-0.4, -0.2) is 10.7 Å². The third-order valence-corrected chi connectivity index (χ3v) is 4.20. The number of aromatic nitrogens is 1. The highest BCUT2D eigenvalue weighted by Crippen LogP contribution is 2.29. The number of nitrogens with zero attached hydrogens (tertiary/aromatic N) is 1. The molecule has 0 unspecified atom stereocenters. The van der Waals surface area contributed by atoms with Gasteiger partial charge >= 0.3 is 0 Å². The molecule has 0 aliphatic heterocycles. The Bertz CT molecular complexity index is 374. The molecule has 1 fully saturated rings. The third kappa shape index (κ3) is 3.60. The Morgan fingerprint density at radius 3 is 2.76 bits per heavy atom. The zero-order chi connectivity index (χ0) is 12.1. The van der Waals surface area contributed by atoms with E-state index in [1.165, 1.54) is 36.8 Å². The summed E-state index contributed by atoms with van der Waals surface area (Å²) in [5.74, 6) is 1.89. The number of rotatable bonds is 4. The van der Waals surface area contributed by atoms with Gasteiger partial charge in [0.2, 0.25) is 0 Å². The van der Waals surface area contributed by atoms with Crippen LogP contribution in [0.4, 0.5) is 0 Å². The van der Waals surface area contributed by atoms with Gasteiger partial charge in [-0.1, -0.05) is 31.9 Å². The molecule has 92 valence electrons. The van der Waals surface area contributed by atoms with Gasteiger partial charge in [-0.15, -0.1) is 11.8 Å². The summed E-state index contributed by atoms with van der Waals surface area (Å²) >= 11 is 1.80. The summed E-state index contributed by atoms with van der Waals surface area (Å²) in [6, 6.07) is 4.33. The molecular formula is C15H21NS. The summed E-state index contributed by atoms with van der Waals surface area (Å²) < 4.78 is 0. The van der Waals surface area contributed by atoms with Gasteiger partial charge in [0.25, 0.3) is 0 Å². The molecule has 0 spiro atoms. The molecule has 1 aromatic heterocycles. The lowest BCUT2D eigenvalue weighted by atomic mass is 10.0. The van der Waals surface area contributed by atoms with Crippen molar-refractivity contribution in [1.82, 2.24) is 4.98 Å². The van der Waals surface area contributed by atoms with E-state index in [1.807, 2.05) is 6.20 Å². The summed E-state index contributed by atoms with van der Waals surface area (Å²) in [5, 5.41) is 1.13. The van der Waals surface area contributed by atoms with E-state index in [2.05, 4.69) is 37.0 Å². The van der Waals surface area contributed by atoms with Gasteiger partial charge in [-0.2, -0.15) is 0 Å². The fourth-order valence-electron chi connectivity index (χ4n) is 2.42. The molecule has 1 aliphatic rings. The average Bonchev–Trinajstić information content (AvgIpc) is 2.83. The fourth-order valence-corrected chi connectivity index (χ4v) is 3.01. The van der Waals surface area contributed by atoms with E-state index in [0.717, 1.165) is 16.7 Å². The van der Waals surface area contributed by atoms with Crippen LogP contribution in [0.5, 0.6) is 0 Å². The van der Waals surface area contributed by atoms with E-state index < -0.39 is 0 Å². The van der Waals surface area contributed by atoms with Gasteiger partial charge in [-0.25, -0.2) is 4.98 Å². The second kappa shape index (κ2) is 6.25. The lowest BCUT2D eigenvalue weighted by Gasteiger charge is -2.06. The van der Waals surface area contributed by atoms with E-state index in [1.54, 1.807) is 11.8 Å². The summed E-state index contributed by atoms with van der Waals surface area (Å²) in [7, 11) is 0. The Morgan fingerprint density at radius 1 is 1.41 bits per heavy atom. The van der Waals surface area contributed by atoms with Crippen LogP contribution in [0.1, 0.15) is 45.1 Å². The van der Waals surface area contributed by atoms with Crippen LogP contribution >= 0.6 is 11.8 Å². The number of thioether (sulfide) groups is 1. The van der Waals surface area contributed by atoms with Crippen LogP contribution in [-0.2, 0) is 0 Å². The number of allylic oxidation sites excluding steroid dienone is 2. The monoisotopic (exact) mass is 247 g/mol. The van der Waals surface area contributed by atoms with E-state index in [0.29, 0.717) is 0 Å². The SMILES string of the molecule is CCSc1ccc(/C(C)=C\C2CCCC2)cn1. The van der Waals surface area contributed by atoms with Gasteiger partial charge in [0, 0.05) is 6.20 Å². The lowest BCUT2D eigenvalue weighted by Crippen LogP contribution is -1.90. The standard InChI is InChI=1S/C15H21NS/c1-3-17-15-9-8-14(11-16-15)12(2)10-13-6-4-5-7-13/h8-11,13H,3-7H2,1-2H3/b12-10-. The van der Waals surface area contributed by atoms with Crippen LogP contribution in [0.2, 0.25) is 0 Å². The van der Waals surface area contributed by atoms with Crippen LogP contribution in [0.25, 0.3) is 5.57 Å². The summed E-state index contributed by atoms with van der Waals surface area (Å²) in [5.41, 5.74) is 2.66. The normalized spacial score (nSPS) is 17.6. The van der Waals surface area contributed by atoms with Crippen molar-refractivity contribution in [2.45, 2.75) is 44.6 Å². The maximum Gasteiger partial charge on any atom is 0.0960 e. The van der Waals surface area contributed by atoms with Crippen molar-refractivity contribution in [1.29, 1.82) is 0 Å². The molecule has 0 saturated heterocycles. The van der Waals surface area contributed by atoms with Crippen molar-refractivity contribution in [2.24, 2.45) is 5.92 Å². The molecule has 1 aliphatic carbocycles. The molecule has 17 heavy (non-hydrogen) atoms. The first kappa shape index (κ1) is 12.7. The molecule has 0 atom stereocenters. The van der Waals surface area contributed by atoms with Gasteiger partial charge in [-0.3, -0.25) is 0 Å². The van der Waals surface area contributed by atoms with E-state index in [4.69, 9.17) is 0 Å². The quantitative estimate of drug-likeness (QED) is 0.710. The maximum atomic E-state index is 4.49. The number of hydrogen-bond donors (Lipinski definition) is 0. The minimum absolute atomic E-state index is 0.805. The molecule has 0 bridgehead atoms. The summed E-state index contributed by atoms with van der Waals surface area (Å²) in [4.78, 5) is 4.49. The number of pyridine rings is 1. The number of hydrogen-bond acceptors (Lipinski definition) is 2. The van der Waals surface area contributed by atoms with Gasteiger partial charge < -0.3 is 0 Å². The van der Waals surface area contributed by atoms with Crippen LogP contribution in [0.3, 0.4) is 0 Å². The predicted octanol–water partition coefficient (Wildman–Crippen LogP) is 4.79. The molecule has 2 rings (SSSR count). The highest BCUT2D eigenvalue weighted by molar-refractivity contribution is 7.99. The zero-order valence-corrected chi connectivity index (χ0v) is 11.6. The minimum Gasteiger partial charge on any atom is -0.249 e. The van der Waals surface area contributed by atoms with E-state index >= 15 is 0 Å². The second-order valence-corrected chi connectivity index (χ2v) is 6.00. The van der Waals surface area contributed by atoms with Gasteiger partial charge in [-0.05, 0) is 48.6 Å². The molecular weight excluding hydrogens is 226 g/mol. The van der Waals surface area contributed by atoms with Crippen molar-refractivity contribution in [3.63, 3.8) is 0 Å². The summed E-state index contributed by atoms with van der Waals surface area (Å²) in [6.07, 6.45) is 10.00. The van der Waals surface area contributed by atoms with Crippen molar-refractivity contribution < 1.29 is 0 Å². The van der Waals surface area contributed by atoms with Gasteiger partial charge in [0.05, 0.1) is 5.03 Å². The minimum atomic E-state index is 0.805. The highest BCUT2D eigenvalue weighted by Gasteiger charge is 2.12. The Labute approximate surface area is 109 Å². The first-order chi connectivity index (χ1) is 8.29. The highest BCUT2D eigenvalue weighted by atomic mass is 32.2. The smallest absolute Gasteiger partial charge is 0.0960 e. The lowest BCUT2D eigenvalue weighted by molar-refractivity contribution is 0.687. The molecule has 2 heteroatoms. The Hall–Kier alpha value is -0.760. The van der Waals surface area contributed by atoms with Gasteiger partial charge in [0.1, 0.15) is 0 Å². The van der Waals surface area contributed by atoms with Crippen LogP contribution < -0.4 is 0 Å². The largest absolute Gasteiger partial charge is 0.249 e.